The molecule has 16 unspecified atom stereocenters. The van der Waals surface area contributed by atoms with Crippen molar-refractivity contribution in [1.82, 2.24) is 4.98 Å². The Morgan fingerprint density at radius 1 is 0.533 bits per heavy atom. The number of unbranched alkanes of at least 4 members (excludes halogenated alkanes) is 2. The molecule has 23 aliphatic rings. The fourth-order valence-electron chi connectivity index (χ4n) is 19.4. The minimum absolute atomic E-state index is 0. The van der Waals surface area contributed by atoms with Crippen LogP contribution in [0.3, 0.4) is 0 Å². The third-order valence-corrected chi connectivity index (χ3v) is 32.0. The van der Waals surface area contributed by atoms with E-state index < -0.39 is 331 Å². The number of carboxylic acid groups (broad SMARTS) is 2. The second-order valence-electron chi connectivity index (χ2n) is 40.0. The van der Waals surface area contributed by atoms with Crippen LogP contribution in [0.25, 0.3) is 10.2 Å². The van der Waals surface area contributed by atoms with Gasteiger partial charge in [0, 0.05) is 61.0 Å². The largest absolute Gasteiger partial charge is 0.481 e. The molecule has 50 nitrogen and oxygen atoms in total. The first-order valence-electron chi connectivity index (χ1n) is 50.3. The van der Waals surface area contributed by atoms with E-state index in [2.05, 4.69) is 18.5 Å². The summed E-state index contributed by atoms with van der Waals surface area (Å²) >= 11 is 3.33. The number of esters is 2. The summed E-state index contributed by atoms with van der Waals surface area (Å²) in [5.41, 5.74) is 5.60. The Balaban J connectivity index is 0.000000406. The number of allylic oxidation sites excluding steroid dienone is 1. The number of nitrogens with two attached hydrogens (primary N) is 1. The zero-order valence-corrected chi connectivity index (χ0v) is 86.3. The van der Waals surface area contributed by atoms with Gasteiger partial charge in [0.1, 0.15) is 188 Å². The summed E-state index contributed by atoms with van der Waals surface area (Å²) in [5.74, 6) is -9.00. The number of epoxide rings is 1. The van der Waals surface area contributed by atoms with E-state index in [0.717, 1.165) is 70.0 Å². The van der Waals surface area contributed by atoms with Crippen molar-refractivity contribution < 1.29 is 236 Å². The normalized spacial score (nSPS) is 40.3. The van der Waals surface area contributed by atoms with Crippen LogP contribution in [0.4, 0.5) is 0 Å². The minimum atomic E-state index is -2.31. The van der Waals surface area contributed by atoms with Gasteiger partial charge in [-0.15, -0.1) is 17.9 Å². The third kappa shape index (κ3) is 32.0. The maximum absolute atomic E-state index is 14.2. The van der Waals surface area contributed by atoms with Gasteiger partial charge in [-0.05, 0) is 103 Å². The number of benzene rings is 1. The third-order valence-electron chi connectivity index (χ3n) is 28.7. The zero-order valence-electron chi connectivity index (χ0n) is 83.8. The van der Waals surface area contributed by atoms with Gasteiger partial charge in [0.05, 0.1) is 128 Å². The summed E-state index contributed by atoms with van der Waals surface area (Å²) < 4.78 is 113. The molecule has 858 valence electrons. The van der Waals surface area contributed by atoms with Gasteiger partial charge < -0.3 is 208 Å². The van der Waals surface area contributed by atoms with Gasteiger partial charge in [-0.2, -0.15) is 23.5 Å². The van der Waals surface area contributed by atoms with Crippen LogP contribution >= 0.6 is 34.9 Å². The SMILES string of the molecule is C.C=CC[C@H]1C(=O)C(C)(C)[C@@H](OC(=O)CCCCCN)CC(=O)O[C@H](c2ccc3sc(C)nc3c2)C[C@@H]2O[C@]2(C)CCC[C@H](C)[C@@H]1O.CCC(CSCC1O[C@@H]2O[C@@H]3C(CO)O[C@H](O[C@@H]4C(CO)O[C@H](O[C@@H]5C(CO)O[C@H](O[C@@H]6C(CSCC(CC(=O)CCOCCOCCC(C)=O)C(=O)O)O[C@H](O[C@@H]7C(CO)O[C@H](O[C@@H]8C(CO)O[C@H](O[C@H]1[C@H](O)C2O)C(O)[C@H]8O)C(O)[C@H]7O)C(O)[C@H]6O)C(O)[C@H]5O)C(O)[C@H]4O)C(O)[C@H]3O)C(=O)O. The number of aromatic nitrogens is 1. The minimum Gasteiger partial charge on any atom is -0.481 e. The molecule has 0 saturated carbocycles. The first kappa shape index (κ1) is 127. The molecule has 53 heteroatoms. The number of aliphatic carboxylic acids is 2. The lowest BCUT2D eigenvalue weighted by Gasteiger charge is -2.50. The molecular formula is C97H154N2O48S3. The number of carbonyl (C=O) groups is 7. The van der Waals surface area contributed by atoms with Crippen molar-refractivity contribution in [1.29, 1.82) is 0 Å². The highest BCUT2D eigenvalue weighted by molar-refractivity contribution is 7.99. The van der Waals surface area contributed by atoms with Crippen molar-refractivity contribution in [3.63, 3.8) is 0 Å². The highest BCUT2D eigenvalue weighted by Crippen LogP contribution is 2.49. The van der Waals surface area contributed by atoms with Crippen LogP contribution in [0.15, 0.2) is 30.9 Å². The topological polar surface area (TPSA) is 782 Å². The number of fused-ring (bicyclic) bond motifs is 2. The highest BCUT2D eigenvalue weighted by atomic mass is 32.2. The molecule has 150 heavy (non-hydrogen) atoms. The zero-order chi connectivity index (χ0) is 109. The van der Waals surface area contributed by atoms with Crippen molar-refractivity contribution in [3.05, 3.63) is 41.4 Å². The van der Waals surface area contributed by atoms with Gasteiger partial charge in [0.15, 0.2) is 44.0 Å². The number of thiazole rings is 1. The number of carbonyl (C=O) groups excluding carboxylic acids is 5. The van der Waals surface area contributed by atoms with E-state index >= 15 is 0 Å². The molecule has 0 radical (unpaired) electrons. The number of thioether (sulfide) groups is 2. The molecule has 24 heterocycles. The molecule has 0 amide bonds. The van der Waals surface area contributed by atoms with Gasteiger partial charge >= 0.3 is 23.9 Å². The summed E-state index contributed by atoms with van der Waals surface area (Å²) in [7, 11) is 0. The van der Waals surface area contributed by atoms with Crippen LogP contribution in [0, 0.1) is 36.0 Å². The number of ketones is 3. The molecule has 2 aromatic rings. The van der Waals surface area contributed by atoms with Gasteiger partial charge in [-0.1, -0.05) is 46.3 Å². The second-order valence-corrected chi connectivity index (χ2v) is 43.3. The lowest BCUT2D eigenvalue weighted by molar-refractivity contribution is -0.395. The summed E-state index contributed by atoms with van der Waals surface area (Å²) in [6.07, 6.45) is -68.7. The Labute approximate surface area is 878 Å². The van der Waals surface area contributed by atoms with Crippen molar-refractivity contribution in [3.8, 4) is 0 Å². The smallest absolute Gasteiger partial charge is 0.310 e. The number of rotatable bonds is 36. The highest BCUT2D eigenvalue weighted by Gasteiger charge is 2.62. The number of ether oxygens (including phenoxy) is 19. The van der Waals surface area contributed by atoms with Crippen LogP contribution in [-0.2, 0) is 124 Å². The molecule has 1 aromatic carbocycles. The number of hydrogen-bond acceptors (Lipinski definition) is 51. The molecule has 0 aliphatic carbocycles. The number of hydrogen-bond donors (Lipinski definition) is 23. The predicted molar refractivity (Wildman–Crippen MR) is 519 cm³/mol. The Kier molecular flexibility index (Phi) is 49.5. The maximum atomic E-state index is 14.2. The number of cyclic esters (lactones) is 1. The number of carboxylic acids is 2. The Morgan fingerprint density at radius 2 is 0.927 bits per heavy atom. The molecule has 44 atom stereocenters. The first-order valence-corrected chi connectivity index (χ1v) is 53.4. The molecule has 24 N–H and O–H groups in total. The molecule has 23 aliphatic heterocycles. The average Bonchev–Trinajstić information content (AvgIpc) is 1.50. The fourth-order valence-corrected chi connectivity index (χ4v) is 22.7. The monoisotopic (exact) mass is 2210 g/mol. The number of aliphatic hydroxyl groups excluding tert-OH is 20. The standard InChI is InChI=1S/C60H98O41S2.C36H52N2O7S.CH4/c1-3-21(52(82)83)16-102-18-29-50-36(73)43(80)59(93-29)98-48-27(14-64)89-55(39(76)32(48)69)95-45-24(11-61)88-54(38(75)31(45)68)96-46-26(13-63)92-58(42(79)35(46)72)101-51-30(19-103-17-22(53(84)85)10-23(67)5-7-87-9-8-86-6-4-20(2)66)94-60(44(81)37(51)74)99-49-28(15-65)90-56(40(77)33(49)70)97-47-25(12-62)91-57(100-50)41(78)34(47)71;1-7-12-25-33(41)22(2)13-11-17-36(6)30(45-36)20-27(24-15-16-28-26(19-24)38-23(3)46-28)43-32(40)21-29(35(4,5)34(25)42)44-31(39)14-9-8-10-18-37;/h21-22,24-51,54-65,68-81H,3-19H2,1-2H3,(H,82,83)(H,84,85);7,15-16,19,22,25,27,29-30,33,41H,1,8-14,17-18,20-21,37H2,2-6H3;1H4/t21?,22?,24?,25?,26?,27?,28?,29?,30?,31-,32-,33-,34-,35-,36-,37-,38?,39?,40?,41?,42?,43?,44?,45-,46-,47-,48-,49-,50-,51-,54-,55-,56-,57-,58-,59-,60-;22-,25+,27-,29-,30-,33-,36+;/m10./s1. The molecule has 23 fully saturated rings. The van der Waals surface area contributed by atoms with Crippen molar-refractivity contribution in [2.45, 2.75) is 391 Å². The lowest BCUT2D eigenvalue weighted by atomic mass is 9.71. The molecule has 23 saturated heterocycles. The lowest BCUT2D eigenvalue weighted by Crippen LogP contribution is -2.68. The van der Waals surface area contributed by atoms with Gasteiger partial charge in [0.25, 0.3) is 0 Å². The van der Waals surface area contributed by atoms with Crippen molar-refractivity contribution in [2.75, 3.05) is 89.0 Å². The Morgan fingerprint density at radius 3 is 1.31 bits per heavy atom. The quantitative estimate of drug-likeness (QED) is 0.0133. The van der Waals surface area contributed by atoms with Crippen molar-refractivity contribution >= 4 is 86.3 Å². The summed E-state index contributed by atoms with van der Waals surface area (Å²) in [5, 5.41) is 249. The average molecular weight is 2210 g/mol. The molecule has 14 bridgehead atoms. The number of Topliss-reactive ketones (excluding diaryl/α,β-unsaturated/α-hetero) is 3. The Hall–Kier alpha value is -5.08. The van der Waals surface area contributed by atoms with E-state index in [-0.39, 0.29) is 119 Å². The van der Waals surface area contributed by atoms with E-state index in [1.165, 1.54) is 6.92 Å². The van der Waals surface area contributed by atoms with Gasteiger partial charge in [0.2, 0.25) is 0 Å². The fraction of sp³-hybridized carbons (Fsp3) is 0.835. The molecule has 25 rings (SSSR count). The molecule has 0 spiro atoms. The van der Waals surface area contributed by atoms with Crippen LogP contribution in [0.2, 0.25) is 0 Å². The van der Waals surface area contributed by atoms with Crippen LogP contribution in [0.5, 0.6) is 0 Å². The van der Waals surface area contributed by atoms with E-state index in [1.807, 2.05) is 32.0 Å². The molecule has 1 aromatic heterocycles. The first-order chi connectivity index (χ1) is 70.8. The summed E-state index contributed by atoms with van der Waals surface area (Å²) in [6, 6.07) is 5.92. The van der Waals surface area contributed by atoms with Crippen LogP contribution < -0.4 is 5.73 Å². The van der Waals surface area contributed by atoms with Gasteiger partial charge in [-0.3, -0.25) is 33.6 Å². The van der Waals surface area contributed by atoms with Crippen LogP contribution in [0.1, 0.15) is 156 Å². The Bertz CT molecular complexity index is 4530. The van der Waals surface area contributed by atoms with E-state index in [4.69, 9.17) is 95.7 Å². The maximum Gasteiger partial charge on any atom is 0.310 e. The van der Waals surface area contributed by atoms with E-state index in [0.29, 0.717) is 25.8 Å². The van der Waals surface area contributed by atoms with Crippen LogP contribution in [-0.4, -0.2) is 486 Å². The summed E-state index contributed by atoms with van der Waals surface area (Å²) in [4.78, 5) is 94.5. The summed E-state index contributed by atoms with van der Waals surface area (Å²) in [6.45, 7) is 11.5. The van der Waals surface area contributed by atoms with E-state index in [9.17, 15) is 146 Å². The van der Waals surface area contributed by atoms with Gasteiger partial charge in [-0.25, -0.2) is 4.98 Å². The van der Waals surface area contributed by atoms with E-state index in [1.54, 1.807) is 38.2 Å². The van der Waals surface area contributed by atoms with Crippen molar-refractivity contribution in [2.24, 2.45) is 34.8 Å². The number of aryl methyl sites for hydroxylation is 1. The molecular weight excluding hydrogens is 2060 g/mol. The number of aliphatic hydroxyl groups is 20. The second kappa shape index (κ2) is 58.6. The number of nitrogens with zero attached hydrogens (tertiary/aromatic N) is 1. The predicted octanol–water partition coefficient (Wildman–Crippen LogP) is -4.41.